The Bertz CT molecular complexity index is 370. The van der Waals surface area contributed by atoms with E-state index in [1.54, 1.807) is 0 Å². The van der Waals surface area contributed by atoms with E-state index in [2.05, 4.69) is 17.3 Å². The van der Waals surface area contributed by atoms with E-state index in [1.807, 2.05) is 6.26 Å². The summed E-state index contributed by atoms with van der Waals surface area (Å²) in [5, 5.41) is 3.38. The second-order valence-corrected chi connectivity index (χ2v) is 5.27. The number of nitrogens with zero attached hydrogens (tertiary/aromatic N) is 2. The molecule has 1 aromatic rings. The fourth-order valence-electron chi connectivity index (χ4n) is 2.99. The van der Waals surface area contributed by atoms with Crippen molar-refractivity contribution in [3.05, 3.63) is 17.8 Å². The SMILES string of the molecule is CN1CCCC1c1coc(C2CCNCC2)n1. The quantitative estimate of drug-likeness (QED) is 0.850. The standard InChI is InChI=1S/C13H21N3O/c1-16-8-2-3-12(16)11-9-17-13(15-11)10-4-6-14-7-5-10/h9-10,12,14H,2-8H2,1H3. The molecular weight excluding hydrogens is 214 g/mol. The van der Waals surface area contributed by atoms with E-state index in [0.717, 1.165) is 37.5 Å². The highest BCUT2D eigenvalue weighted by Gasteiger charge is 2.27. The van der Waals surface area contributed by atoms with Crippen molar-refractivity contribution in [2.75, 3.05) is 26.7 Å². The monoisotopic (exact) mass is 235 g/mol. The van der Waals surface area contributed by atoms with Crippen molar-refractivity contribution >= 4 is 0 Å². The van der Waals surface area contributed by atoms with E-state index < -0.39 is 0 Å². The van der Waals surface area contributed by atoms with Crippen LogP contribution in [0.5, 0.6) is 0 Å². The molecule has 0 aromatic carbocycles. The van der Waals surface area contributed by atoms with Gasteiger partial charge in [0.25, 0.3) is 0 Å². The molecule has 3 heterocycles. The molecule has 94 valence electrons. The highest BCUT2D eigenvalue weighted by Crippen LogP contribution is 2.32. The van der Waals surface area contributed by atoms with Crippen LogP contribution in [0.4, 0.5) is 0 Å². The number of piperidine rings is 1. The minimum atomic E-state index is 0.481. The molecule has 0 amide bonds. The summed E-state index contributed by atoms with van der Waals surface area (Å²) in [6.45, 7) is 3.36. The third-order valence-electron chi connectivity index (χ3n) is 4.09. The molecule has 2 aliphatic heterocycles. The summed E-state index contributed by atoms with van der Waals surface area (Å²) in [7, 11) is 2.18. The van der Waals surface area contributed by atoms with E-state index in [9.17, 15) is 0 Å². The molecule has 2 fully saturated rings. The van der Waals surface area contributed by atoms with Gasteiger partial charge < -0.3 is 9.73 Å². The van der Waals surface area contributed by atoms with Crippen molar-refractivity contribution in [2.45, 2.75) is 37.6 Å². The molecule has 0 spiro atoms. The van der Waals surface area contributed by atoms with Gasteiger partial charge in [0.1, 0.15) is 6.26 Å². The van der Waals surface area contributed by atoms with E-state index in [4.69, 9.17) is 9.40 Å². The summed E-state index contributed by atoms with van der Waals surface area (Å²) in [5.41, 5.74) is 1.14. The summed E-state index contributed by atoms with van der Waals surface area (Å²) >= 11 is 0. The van der Waals surface area contributed by atoms with Gasteiger partial charge in [-0.15, -0.1) is 0 Å². The summed E-state index contributed by atoms with van der Waals surface area (Å²) in [6, 6.07) is 0.481. The third-order valence-corrected chi connectivity index (χ3v) is 4.09. The Morgan fingerprint density at radius 3 is 2.88 bits per heavy atom. The highest BCUT2D eigenvalue weighted by molar-refractivity contribution is 5.08. The molecule has 2 saturated heterocycles. The van der Waals surface area contributed by atoms with Crippen molar-refractivity contribution < 1.29 is 4.42 Å². The molecule has 2 aliphatic rings. The molecule has 17 heavy (non-hydrogen) atoms. The lowest BCUT2D eigenvalue weighted by Crippen LogP contribution is -2.26. The van der Waals surface area contributed by atoms with Crippen LogP contribution in [0.15, 0.2) is 10.7 Å². The number of rotatable bonds is 2. The molecule has 0 bridgehead atoms. The van der Waals surface area contributed by atoms with Crippen LogP contribution in [-0.4, -0.2) is 36.6 Å². The number of aromatic nitrogens is 1. The fraction of sp³-hybridized carbons (Fsp3) is 0.769. The normalized spacial score (nSPS) is 27.7. The molecule has 1 aromatic heterocycles. The summed E-state index contributed by atoms with van der Waals surface area (Å²) in [5.74, 6) is 1.48. The van der Waals surface area contributed by atoms with Crippen molar-refractivity contribution in [1.82, 2.24) is 15.2 Å². The zero-order chi connectivity index (χ0) is 11.7. The Morgan fingerprint density at radius 1 is 1.35 bits per heavy atom. The van der Waals surface area contributed by atoms with Crippen LogP contribution < -0.4 is 5.32 Å². The summed E-state index contributed by atoms with van der Waals surface area (Å²) in [6.07, 6.45) is 6.68. The second-order valence-electron chi connectivity index (χ2n) is 5.27. The van der Waals surface area contributed by atoms with Crippen LogP contribution in [0, 0.1) is 0 Å². The molecule has 1 N–H and O–H groups in total. The van der Waals surface area contributed by atoms with Gasteiger partial charge >= 0.3 is 0 Å². The van der Waals surface area contributed by atoms with Gasteiger partial charge in [0.05, 0.1) is 11.7 Å². The maximum Gasteiger partial charge on any atom is 0.197 e. The van der Waals surface area contributed by atoms with Crippen molar-refractivity contribution in [3.63, 3.8) is 0 Å². The first-order valence-corrected chi connectivity index (χ1v) is 6.71. The fourth-order valence-corrected chi connectivity index (χ4v) is 2.99. The molecule has 0 aliphatic carbocycles. The van der Waals surface area contributed by atoms with Crippen molar-refractivity contribution in [3.8, 4) is 0 Å². The minimum Gasteiger partial charge on any atom is -0.448 e. The number of oxazole rings is 1. The lowest BCUT2D eigenvalue weighted by Gasteiger charge is -2.19. The Morgan fingerprint density at radius 2 is 2.18 bits per heavy atom. The lowest BCUT2D eigenvalue weighted by molar-refractivity contribution is 0.311. The van der Waals surface area contributed by atoms with E-state index in [0.29, 0.717) is 12.0 Å². The predicted octanol–water partition coefficient (Wildman–Crippen LogP) is 1.91. The molecular formula is C13H21N3O. The number of nitrogens with one attached hydrogen (secondary N) is 1. The minimum absolute atomic E-state index is 0.481. The van der Waals surface area contributed by atoms with Crippen LogP contribution in [0.1, 0.15) is 49.2 Å². The van der Waals surface area contributed by atoms with Gasteiger partial charge in [-0.25, -0.2) is 4.98 Å². The van der Waals surface area contributed by atoms with Gasteiger partial charge in [-0.3, -0.25) is 4.90 Å². The Labute approximate surface area is 102 Å². The molecule has 4 nitrogen and oxygen atoms in total. The zero-order valence-electron chi connectivity index (χ0n) is 10.5. The molecule has 1 atom stereocenters. The van der Waals surface area contributed by atoms with Crippen molar-refractivity contribution in [2.24, 2.45) is 0 Å². The molecule has 4 heteroatoms. The highest BCUT2D eigenvalue weighted by atomic mass is 16.3. The van der Waals surface area contributed by atoms with Crippen LogP contribution in [0.3, 0.4) is 0 Å². The Hall–Kier alpha value is -0.870. The van der Waals surface area contributed by atoms with Crippen molar-refractivity contribution in [1.29, 1.82) is 0 Å². The van der Waals surface area contributed by atoms with E-state index >= 15 is 0 Å². The van der Waals surface area contributed by atoms with Gasteiger partial charge in [-0.1, -0.05) is 0 Å². The van der Waals surface area contributed by atoms with Gasteiger partial charge in [-0.05, 0) is 52.4 Å². The number of hydrogen-bond acceptors (Lipinski definition) is 4. The number of likely N-dealkylation sites (tertiary alicyclic amines) is 1. The summed E-state index contributed by atoms with van der Waals surface area (Å²) in [4.78, 5) is 7.11. The average molecular weight is 235 g/mol. The Kier molecular flexibility index (Phi) is 3.16. The second kappa shape index (κ2) is 4.78. The first kappa shape index (κ1) is 11.2. The van der Waals surface area contributed by atoms with Crippen LogP contribution in [0.25, 0.3) is 0 Å². The first-order chi connectivity index (χ1) is 8.34. The van der Waals surface area contributed by atoms with Gasteiger partial charge in [0.15, 0.2) is 5.89 Å². The molecule has 1 unspecified atom stereocenters. The van der Waals surface area contributed by atoms with Gasteiger partial charge in [0.2, 0.25) is 0 Å². The first-order valence-electron chi connectivity index (χ1n) is 6.71. The molecule has 0 radical (unpaired) electrons. The number of hydrogen-bond donors (Lipinski definition) is 1. The third kappa shape index (κ3) is 2.24. The van der Waals surface area contributed by atoms with E-state index in [1.165, 1.54) is 19.4 Å². The average Bonchev–Trinajstić information content (AvgIpc) is 2.98. The smallest absolute Gasteiger partial charge is 0.197 e. The molecule has 3 rings (SSSR count). The molecule has 0 saturated carbocycles. The van der Waals surface area contributed by atoms with Gasteiger partial charge in [0, 0.05) is 5.92 Å². The maximum atomic E-state index is 5.70. The Balaban J connectivity index is 1.73. The van der Waals surface area contributed by atoms with Crippen LogP contribution >= 0.6 is 0 Å². The maximum absolute atomic E-state index is 5.70. The topological polar surface area (TPSA) is 41.3 Å². The summed E-state index contributed by atoms with van der Waals surface area (Å²) < 4.78 is 5.70. The largest absolute Gasteiger partial charge is 0.448 e. The predicted molar refractivity (Wildman–Crippen MR) is 66.0 cm³/mol. The van der Waals surface area contributed by atoms with Crippen LogP contribution in [0.2, 0.25) is 0 Å². The zero-order valence-corrected chi connectivity index (χ0v) is 10.5. The van der Waals surface area contributed by atoms with E-state index in [-0.39, 0.29) is 0 Å². The van der Waals surface area contributed by atoms with Gasteiger partial charge in [-0.2, -0.15) is 0 Å². The van der Waals surface area contributed by atoms with Crippen LogP contribution in [-0.2, 0) is 0 Å². The lowest BCUT2D eigenvalue weighted by atomic mass is 9.98.